The van der Waals surface area contributed by atoms with Gasteiger partial charge in [-0.25, -0.2) is 0 Å². The summed E-state index contributed by atoms with van der Waals surface area (Å²) in [5, 5.41) is 10.8. The van der Waals surface area contributed by atoms with Crippen molar-refractivity contribution in [1.29, 1.82) is 0 Å². The molecule has 0 bridgehead atoms. The Hall–Kier alpha value is -2.46. The Labute approximate surface area is 199 Å². The van der Waals surface area contributed by atoms with Crippen molar-refractivity contribution in [3.63, 3.8) is 0 Å². The van der Waals surface area contributed by atoms with Crippen molar-refractivity contribution in [3.05, 3.63) is 70.2 Å². The molecule has 2 atom stereocenters. The minimum Gasteiger partial charge on any atom is -0.392 e. The van der Waals surface area contributed by atoms with E-state index in [9.17, 15) is 27.9 Å². The van der Waals surface area contributed by atoms with Gasteiger partial charge in [0.05, 0.1) is 24.3 Å². The number of aliphatic hydroxyl groups is 1. The summed E-state index contributed by atoms with van der Waals surface area (Å²) >= 11 is 6.07. The summed E-state index contributed by atoms with van der Waals surface area (Å²) in [7, 11) is 0. The fourth-order valence-electron chi connectivity index (χ4n) is 5.32. The first-order valence-electron chi connectivity index (χ1n) is 11.0. The van der Waals surface area contributed by atoms with Crippen molar-refractivity contribution in [1.82, 2.24) is 14.7 Å². The van der Waals surface area contributed by atoms with Crippen molar-refractivity contribution < 1.29 is 27.9 Å². The second-order valence-electron chi connectivity index (χ2n) is 9.29. The van der Waals surface area contributed by atoms with Crippen LogP contribution in [0.15, 0.2) is 48.5 Å². The monoisotopic (exact) mass is 493 g/mol. The Bertz CT molecular complexity index is 1120. The topological polar surface area (TPSA) is 64.1 Å². The van der Waals surface area contributed by atoms with Crippen LogP contribution in [-0.4, -0.2) is 68.9 Å². The van der Waals surface area contributed by atoms with Crippen LogP contribution in [0, 0.1) is 0 Å². The molecule has 180 valence electrons. The fourth-order valence-corrected chi connectivity index (χ4v) is 5.54. The number of carbonyl (C=O) groups excluding carboxylic acids is 2. The van der Waals surface area contributed by atoms with Gasteiger partial charge in [-0.1, -0.05) is 35.9 Å². The number of alkyl halides is 3. The molecule has 2 aromatic carbocycles. The van der Waals surface area contributed by atoms with Crippen LogP contribution in [0.2, 0.25) is 5.02 Å². The quantitative estimate of drug-likeness (QED) is 0.664. The van der Waals surface area contributed by atoms with Crippen LogP contribution >= 0.6 is 11.6 Å². The Kier molecular flexibility index (Phi) is 5.71. The zero-order chi connectivity index (χ0) is 24.3. The Morgan fingerprint density at radius 3 is 2.38 bits per heavy atom. The molecule has 2 amide bonds. The summed E-state index contributed by atoms with van der Waals surface area (Å²) in [6.45, 7) is 1.38. The van der Waals surface area contributed by atoms with E-state index in [-0.39, 0.29) is 31.3 Å². The molecule has 2 unspecified atom stereocenters. The molecular formula is C24H23ClF3N3O3. The Morgan fingerprint density at radius 2 is 1.74 bits per heavy atom. The van der Waals surface area contributed by atoms with Crippen molar-refractivity contribution in [2.24, 2.45) is 0 Å². The second kappa shape index (κ2) is 8.34. The number of carbonyl (C=O) groups is 2. The van der Waals surface area contributed by atoms with E-state index in [1.54, 1.807) is 24.3 Å². The van der Waals surface area contributed by atoms with Crippen molar-refractivity contribution >= 4 is 23.4 Å². The van der Waals surface area contributed by atoms with E-state index in [1.807, 2.05) is 9.80 Å². The molecule has 3 heterocycles. The van der Waals surface area contributed by atoms with Crippen molar-refractivity contribution in [2.45, 2.75) is 43.4 Å². The number of likely N-dealkylation sites (tertiary alicyclic amines) is 1. The maximum Gasteiger partial charge on any atom is 0.416 e. The molecule has 6 nitrogen and oxygen atoms in total. The molecule has 3 saturated heterocycles. The van der Waals surface area contributed by atoms with Crippen LogP contribution in [-0.2, 0) is 28.9 Å². The minimum absolute atomic E-state index is 0.0965. The van der Waals surface area contributed by atoms with E-state index in [0.29, 0.717) is 30.2 Å². The first-order chi connectivity index (χ1) is 16.1. The zero-order valence-corrected chi connectivity index (χ0v) is 18.9. The number of fused-ring (bicyclic) bond motifs is 2. The first kappa shape index (κ1) is 23.3. The minimum atomic E-state index is -4.39. The second-order valence-corrected chi connectivity index (χ2v) is 9.73. The number of hydrogen-bond acceptors (Lipinski definition) is 5. The maximum atomic E-state index is 13.6. The number of nitrogens with zero attached hydrogens (tertiary/aromatic N) is 3. The molecule has 0 aromatic heterocycles. The van der Waals surface area contributed by atoms with Gasteiger partial charge in [0.2, 0.25) is 5.91 Å². The van der Waals surface area contributed by atoms with Gasteiger partial charge in [-0.2, -0.15) is 13.2 Å². The Balaban J connectivity index is 1.35. The van der Waals surface area contributed by atoms with Gasteiger partial charge in [-0.05, 0) is 41.8 Å². The van der Waals surface area contributed by atoms with Crippen LogP contribution in [0.4, 0.5) is 13.2 Å². The third-order valence-corrected chi connectivity index (χ3v) is 7.15. The van der Waals surface area contributed by atoms with E-state index in [4.69, 9.17) is 11.6 Å². The summed E-state index contributed by atoms with van der Waals surface area (Å²) in [6.07, 6.45) is -4.83. The average Bonchev–Trinajstić information content (AvgIpc) is 3.14. The molecule has 0 radical (unpaired) electrons. The predicted molar refractivity (Wildman–Crippen MR) is 118 cm³/mol. The lowest BCUT2D eigenvalue weighted by Gasteiger charge is -2.58. The summed E-state index contributed by atoms with van der Waals surface area (Å²) in [4.78, 5) is 31.9. The molecule has 2 aromatic rings. The smallest absolute Gasteiger partial charge is 0.392 e. The van der Waals surface area contributed by atoms with Gasteiger partial charge in [0, 0.05) is 31.2 Å². The molecule has 3 fully saturated rings. The van der Waals surface area contributed by atoms with E-state index in [1.165, 1.54) is 17.0 Å². The van der Waals surface area contributed by atoms with E-state index >= 15 is 0 Å². The van der Waals surface area contributed by atoms with Gasteiger partial charge in [-0.3, -0.25) is 24.3 Å². The summed E-state index contributed by atoms with van der Waals surface area (Å²) < 4.78 is 38.5. The number of aliphatic hydroxyl groups excluding tert-OH is 1. The highest BCUT2D eigenvalue weighted by molar-refractivity contribution is 6.30. The lowest BCUT2D eigenvalue weighted by Crippen LogP contribution is -2.81. The third kappa shape index (κ3) is 4.00. The first-order valence-corrected chi connectivity index (χ1v) is 11.4. The number of β-amino-alcohol motifs (C(OH)–C–C–N with tert-alkyl or cyclic N) is 1. The number of imide groups is 1. The molecule has 3 aliphatic rings. The third-order valence-electron chi connectivity index (χ3n) is 6.91. The van der Waals surface area contributed by atoms with Crippen LogP contribution in [0.5, 0.6) is 0 Å². The number of amides is 2. The standard InChI is InChI=1S/C24H23ClF3N3O3/c25-18-3-1-2-16(8-18)11-30-21(33)20-9-19(32)12-31(20)23(22(30)34)13-29(14-23)10-15-4-6-17(7-5-15)24(26,27)28/h1-8,19-20,32H,9-14H2. The molecule has 34 heavy (non-hydrogen) atoms. The highest BCUT2D eigenvalue weighted by atomic mass is 35.5. The van der Waals surface area contributed by atoms with Crippen molar-refractivity contribution in [2.75, 3.05) is 19.6 Å². The summed E-state index contributed by atoms with van der Waals surface area (Å²) in [6, 6.07) is 11.4. The van der Waals surface area contributed by atoms with Crippen molar-refractivity contribution in [3.8, 4) is 0 Å². The largest absolute Gasteiger partial charge is 0.416 e. The van der Waals surface area contributed by atoms with E-state index in [0.717, 1.165) is 17.7 Å². The molecule has 3 aliphatic heterocycles. The van der Waals surface area contributed by atoms with Crippen LogP contribution < -0.4 is 0 Å². The molecule has 0 aliphatic carbocycles. The fraction of sp³-hybridized carbons (Fsp3) is 0.417. The molecule has 1 N–H and O–H groups in total. The van der Waals surface area contributed by atoms with Gasteiger partial charge < -0.3 is 5.11 Å². The van der Waals surface area contributed by atoms with Gasteiger partial charge in [-0.15, -0.1) is 0 Å². The van der Waals surface area contributed by atoms with Crippen LogP contribution in [0.1, 0.15) is 23.1 Å². The predicted octanol–water partition coefficient (Wildman–Crippen LogP) is 2.92. The lowest BCUT2D eigenvalue weighted by atomic mass is 9.82. The molecule has 5 rings (SSSR count). The number of piperazine rings is 1. The van der Waals surface area contributed by atoms with E-state index < -0.39 is 29.4 Å². The highest BCUT2D eigenvalue weighted by Gasteiger charge is 2.64. The van der Waals surface area contributed by atoms with E-state index in [2.05, 4.69) is 0 Å². The molecular weight excluding hydrogens is 471 g/mol. The van der Waals surface area contributed by atoms with Gasteiger partial charge in [0.15, 0.2) is 0 Å². The molecule has 1 spiro atoms. The SMILES string of the molecule is O=C1C2CC(O)CN2C2(CN(Cc3ccc(C(F)(F)F)cc3)C2)C(=O)N1Cc1cccc(Cl)c1. The summed E-state index contributed by atoms with van der Waals surface area (Å²) in [5.41, 5.74) is -0.211. The Morgan fingerprint density at radius 1 is 1.03 bits per heavy atom. The number of rotatable bonds is 4. The number of benzene rings is 2. The highest BCUT2D eigenvalue weighted by Crippen LogP contribution is 2.41. The van der Waals surface area contributed by atoms with Crippen LogP contribution in [0.25, 0.3) is 0 Å². The molecule has 0 saturated carbocycles. The average molecular weight is 494 g/mol. The summed E-state index contributed by atoms with van der Waals surface area (Å²) in [5.74, 6) is -0.639. The maximum absolute atomic E-state index is 13.6. The molecule has 10 heteroatoms. The number of hydrogen-bond donors (Lipinski definition) is 1. The number of halogens is 4. The zero-order valence-electron chi connectivity index (χ0n) is 18.1. The van der Waals surface area contributed by atoms with Crippen LogP contribution in [0.3, 0.4) is 0 Å². The van der Waals surface area contributed by atoms with Gasteiger partial charge in [0.25, 0.3) is 5.91 Å². The van der Waals surface area contributed by atoms with Gasteiger partial charge in [0.1, 0.15) is 5.54 Å². The lowest BCUT2D eigenvalue weighted by molar-refractivity contribution is -0.181. The normalized spacial score (nSPS) is 25.0. The van der Waals surface area contributed by atoms with Gasteiger partial charge >= 0.3 is 6.18 Å².